The van der Waals surface area contributed by atoms with Crippen molar-refractivity contribution in [2.75, 3.05) is 26.3 Å². The molecule has 1 fully saturated rings. The highest BCUT2D eigenvalue weighted by Crippen LogP contribution is 2.30. The van der Waals surface area contributed by atoms with E-state index in [1.54, 1.807) is 6.26 Å². The smallest absolute Gasteiger partial charge is 0.117 e. The van der Waals surface area contributed by atoms with E-state index in [1.165, 1.54) is 12.8 Å². The number of nitrogens with one attached hydrogen (secondary N) is 1. The second-order valence-electron chi connectivity index (χ2n) is 5.59. The summed E-state index contributed by atoms with van der Waals surface area (Å²) in [5.41, 5.74) is 0. The van der Waals surface area contributed by atoms with E-state index < -0.39 is 0 Å². The van der Waals surface area contributed by atoms with Crippen LogP contribution in [0.3, 0.4) is 0 Å². The van der Waals surface area contributed by atoms with Gasteiger partial charge in [0.25, 0.3) is 0 Å². The van der Waals surface area contributed by atoms with Gasteiger partial charge in [0.1, 0.15) is 5.76 Å². The van der Waals surface area contributed by atoms with Gasteiger partial charge in [-0.1, -0.05) is 0 Å². The molecule has 1 atom stereocenters. The molecular weight excluding hydrogens is 252 g/mol. The number of rotatable bonds is 11. The van der Waals surface area contributed by atoms with Gasteiger partial charge < -0.3 is 14.5 Å². The van der Waals surface area contributed by atoms with E-state index in [4.69, 9.17) is 9.15 Å². The molecule has 4 heteroatoms. The molecule has 0 saturated heterocycles. The molecule has 114 valence electrons. The van der Waals surface area contributed by atoms with Gasteiger partial charge in [-0.15, -0.1) is 0 Å². The average molecular weight is 280 g/mol. The Labute approximate surface area is 122 Å². The first-order chi connectivity index (χ1) is 9.81. The normalized spacial score (nSPS) is 16.8. The zero-order valence-corrected chi connectivity index (χ0v) is 12.8. The lowest BCUT2D eigenvalue weighted by molar-refractivity contribution is 0.142. The minimum atomic E-state index is 0.541. The zero-order chi connectivity index (χ0) is 14.2. The summed E-state index contributed by atoms with van der Waals surface area (Å²) >= 11 is 0. The second-order valence-corrected chi connectivity index (χ2v) is 5.59. The summed E-state index contributed by atoms with van der Waals surface area (Å²) in [7, 11) is 0. The maximum atomic E-state index is 5.48. The summed E-state index contributed by atoms with van der Waals surface area (Å²) in [4.78, 5) is 2.56. The number of nitrogens with zero attached hydrogens (tertiary/aromatic N) is 1. The molecule has 1 saturated carbocycles. The maximum absolute atomic E-state index is 5.48. The van der Waals surface area contributed by atoms with E-state index in [0.29, 0.717) is 6.04 Å². The van der Waals surface area contributed by atoms with E-state index >= 15 is 0 Å². The molecule has 0 radical (unpaired) electrons. The third-order valence-corrected chi connectivity index (χ3v) is 3.79. The monoisotopic (exact) mass is 280 g/mol. The highest BCUT2D eigenvalue weighted by molar-refractivity contribution is 5.00. The van der Waals surface area contributed by atoms with Crippen molar-refractivity contribution in [1.82, 2.24) is 10.2 Å². The van der Waals surface area contributed by atoms with E-state index in [0.717, 1.165) is 51.1 Å². The lowest BCUT2D eigenvalue weighted by atomic mass is 10.2. The van der Waals surface area contributed by atoms with Crippen LogP contribution < -0.4 is 5.32 Å². The molecule has 1 aromatic rings. The van der Waals surface area contributed by atoms with Gasteiger partial charge >= 0.3 is 0 Å². The van der Waals surface area contributed by atoms with Crippen LogP contribution in [0.25, 0.3) is 0 Å². The van der Waals surface area contributed by atoms with Crippen molar-refractivity contribution >= 4 is 0 Å². The molecular formula is C16H28N2O2. The molecule has 1 aliphatic rings. The first-order valence-corrected chi connectivity index (χ1v) is 7.88. The number of hydrogen-bond donors (Lipinski definition) is 1. The zero-order valence-electron chi connectivity index (χ0n) is 12.8. The van der Waals surface area contributed by atoms with Crippen molar-refractivity contribution in [2.45, 2.75) is 51.7 Å². The molecule has 20 heavy (non-hydrogen) atoms. The fourth-order valence-electron chi connectivity index (χ4n) is 2.51. The van der Waals surface area contributed by atoms with Crippen LogP contribution in [0, 0.1) is 0 Å². The summed E-state index contributed by atoms with van der Waals surface area (Å²) in [6.07, 6.45) is 5.50. The standard InChI is InChI=1S/C16H28N2O2/c1-3-19-10-5-9-17-12-14(2)18(15-7-8-15)13-16-6-4-11-20-16/h4,6,11,14-15,17H,3,5,7-10,12-13H2,1-2H3. The van der Waals surface area contributed by atoms with Crippen molar-refractivity contribution in [3.8, 4) is 0 Å². The Bertz CT molecular complexity index is 349. The predicted octanol–water partition coefficient (Wildman–Crippen LogP) is 2.65. The number of furan rings is 1. The SMILES string of the molecule is CCOCCCNCC(C)N(Cc1ccco1)C1CC1. The summed E-state index contributed by atoms with van der Waals surface area (Å²) in [6.45, 7) is 9.01. The quantitative estimate of drug-likeness (QED) is 0.632. The molecule has 1 aromatic heterocycles. The fraction of sp³-hybridized carbons (Fsp3) is 0.750. The Balaban J connectivity index is 1.66. The van der Waals surface area contributed by atoms with Gasteiger partial charge in [-0.2, -0.15) is 0 Å². The van der Waals surface area contributed by atoms with E-state index in [2.05, 4.69) is 23.2 Å². The van der Waals surface area contributed by atoms with Crippen LogP contribution in [0.2, 0.25) is 0 Å². The van der Waals surface area contributed by atoms with Crippen LogP contribution in [0.1, 0.15) is 38.9 Å². The van der Waals surface area contributed by atoms with Crippen LogP contribution in [0.4, 0.5) is 0 Å². The molecule has 0 amide bonds. The summed E-state index contributed by atoms with van der Waals surface area (Å²) in [6, 6.07) is 5.33. The van der Waals surface area contributed by atoms with Crippen molar-refractivity contribution in [3.63, 3.8) is 0 Å². The molecule has 0 bridgehead atoms. The Morgan fingerprint density at radius 3 is 3.00 bits per heavy atom. The van der Waals surface area contributed by atoms with Crippen molar-refractivity contribution < 1.29 is 9.15 Å². The molecule has 1 unspecified atom stereocenters. The highest BCUT2D eigenvalue weighted by atomic mass is 16.5. The number of hydrogen-bond acceptors (Lipinski definition) is 4. The third kappa shape index (κ3) is 5.27. The topological polar surface area (TPSA) is 37.6 Å². The summed E-state index contributed by atoms with van der Waals surface area (Å²) < 4.78 is 10.8. The molecule has 0 aliphatic heterocycles. The summed E-state index contributed by atoms with van der Waals surface area (Å²) in [5, 5.41) is 3.53. The van der Waals surface area contributed by atoms with Crippen molar-refractivity contribution in [3.05, 3.63) is 24.2 Å². The predicted molar refractivity (Wildman–Crippen MR) is 80.7 cm³/mol. The molecule has 4 nitrogen and oxygen atoms in total. The molecule has 1 heterocycles. The van der Waals surface area contributed by atoms with Crippen LogP contribution in [0.15, 0.2) is 22.8 Å². The third-order valence-electron chi connectivity index (χ3n) is 3.79. The molecule has 2 rings (SSSR count). The van der Waals surface area contributed by atoms with Gasteiger partial charge in [0.2, 0.25) is 0 Å². The Morgan fingerprint density at radius 1 is 1.50 bits per heavy atom. The maximum Gasteiger partial charge on any atom is 0.117 e. The molecule has 0 spiro atoms. The Hall–Kier alpha value is -0.840. The van der Waals surface area contributed by atoms with Crippen LogP contribution >= 0.6 is 0 Å². The van der Waals surface area contributed by atoms with Crippen molar-refractivity contribution in [1.29, 1.82) is 0 Å². The lowest BCUT2D eigenvalue weighted by Crippen LogP contribution is -2.41. The Morgan fingerprint density at radius 2 is 2.35 bits per heavy atom. The van der Waals surface area contributed by atoms with Crippen molar-refractivity contribution in [2.24, 2.45) is 0 Å². The lowest BCUT2D eigenvalue weighted by Gasteiger charge is -2.28. The van der Waals surface area contributed by atoms with Crippen LogP contribution in [-0.2, 0) is 11.3 Å². The number of ether oxygens (including phenoxy) is 1. The second kappa shape index (κ2) is 8.45. The van der Waals surface area contributed by atoms with Gasteiger partial charge in [0, 0.05) is 31.8 Å². The van der Waals surface area contributed by atoms with Gasteiger partial charge in [-0.25, -0.2) is 0 Å². The van der Waals surface area contributed by atoms with Gasteiger partial charge in [0.15, 0.2) is 0 Å². The first-order valence-electron chi connectivity index (χ1n) is 7.88. The molecule has 1 aliphatic carbocycles. The largest absolute Gasteiger partial charge is 0.468 e. The molecule has 1 N–H and O–H groups in total. The van der Waals surface area contributed by atoms with E-state index in [-0.39, 0.29) is 0 Å². The summed E-state index contributed by atoms with van der Waals surface area (Å²) in [5.74, 6) is 1.07. The first kappa shape index (κ1) is 15.5. The van der Waals surface area contributed by atoms with Gasteiger partial charge in [-0.05, 0) is 51.8 Å². The van der Waals surface area contributed by atoms with Crippen LogP contribution in [-0.4, -0.2) is 43.3 Å². The van der Waals surface area contributed by atoms with Crippen LogP contribution in [0.5, 0.6) is 0 Å². The van der Waals surface area contributed by atoms with Gasteiger partial charge in [-0.3, -0.25) is 4.90 Å². The minimum absolute atomic E-state index is 0.541. The average Bonchev–Trinajstić information content (AvgIpc) is 3.16. The minimum Gasteiger partial charge on any atom is -0.468 e. The van der Waals surface area contributed by atoms with E-state index in [1.807, 2.05) is 13.0 Å². The Kier molecular flexibility index (Phi) is 6.57. The fourth-order valence-corrected chi connectivity index (χ4v) is 2.51. The van der Waals surface area contributed by atoms with Gasteiger partial charge in [0.05, 0.1) is 12.8 Å². The highest BCUT2D eigenvalue weighted by Gasteiger charge is 2.32. The molecule has 0 aromatic carbocycles. The van der Waals surface area contributed by atoms with E-state index in [9.17, 15) is 0 Å².